The molecule has 32 heavy (non-hydrogen) atoms. The quantitative estimate of drug-likeness (QED) is 0.512. The van der Waals surface area contributed by atoms with Gasteiger partial charge in [0, 0.05) is 10.6 Å². The molecule has 166 valence electrons. The second kappa shape index (κ2) is 9.80. The Hall–Kier alpha value is -2.76. The topological polar surface area (TPSA) is 116 Å². The molecule has 0 radical (unpaired) electrons. The predicted molar refractivity (Wildman–Crippen MR) is 124 cm³/mol. The zero-order valence-corrected chi connectivity index (χ0v) is 19.0. The van der Waals surface area contributed by atoms with Crippen LogP contribution in [0.1, 0.15) is 10.4 Å². The van der Waals surface area contributed by atoms with E-state index in [0.29, 0.717) is 5.75 Å². The van der Waals surface area contributed by atoms with Crippen LogP contribution in [0, 0.1) is 0 Å². The number of benzene rings is 1. The summed E-state index contributed by atoms with van der Waals surface area (Å²) in [6.07, 6.45) is 0.164. The lowest BCUT2D eigenvalue weighted by Gasteiger charge is -2.51. The molecule has 11 heteroatoms. The van der Waals surface area contributed by atoms with Crippen molar-refractivity contribution in [2.45, 2.75) is 29.6 Å². The van der Waals surface area contributed by atoms with Gasteiger partial charge >= 0.3 is 5.97 Å². The second-order valence-electron chi connectivity index (χ2n) is 7.07. The van der Waals surface area contributed by atoms with Crippen LogP contribution in [0.15, 0.2) is 58.9 Å². The van der Waals surface area contributed by atoms with Gasteiger partial charge in [0.05, 0.1) is 12.1 Å². The lowest BCUT2D eigenvalue weighted by Crippen LogP contribution is -2.74. The molecule has 3 amide bonds. The van der Waals surface area contributed by atoms with E-state index in [0.717, 1.165) is 22.2 Å². The van der Waals surface area contributed by atoms with Crippen molar-refractivity contribution in [3.8, 4) is 0 Å². The molecule has 2 unspecified atom stereocenters. The van der Waals surface area contributed by atoms with Crippen LogP contribution in [-0.4, -0.2) is 50.5 Å². The first-order chi connectivity index (χ1) is 15.4. The molecule has 1 aromatic heterocycles. The average molecular weight is 490 g/mol. The third kappa shape index (κ3) is 4.84. The van der Waals surface area contributed by atoms with Crippen LogP contribution in [0.3, 0.4) is 0 Å². The summed E-state index contributed by atoms with van der Waals surface area (Å²) in [6.45, 7) is 0. The number of β-lactam (4-membered cyclic amide) rings is 1. The monoisotopic (exact) mass is 489 g/mol. The Morgan fingerprint density at radius 3 is 2.59 bits per heavy atom. The number of thiophene rings is 1. The van der Waals surface area contributed by atoms with Crippen molar-refractivity contribution in [1.82, 2.24) is 15.5 Å². The number of carboxylic acid groups (broad SMARTS) is 1. The molecule has 3 atom stereocenters. The van der Waals surface area contributed by atoms with E-state index in [-0.39, 0.29) is 18.0 Å². The molecule has 1 saturated heterocycles. The van der Waals surface area contributed by atoms with Gasteiger partial charge in [0.1, 0.15) is 11.4 Å². The number of carbonyl (C=O) groups is 4. The van der Waals surface area contributed by atoms with E-state index in [1.807, 2.05) is 47.8 Å². The third-order valence-electron chi connectivity index (χ3n) is 4.91. The maximum atomic E-state index is 12.7. The van der Waals surface area contributed by atoms with Crippen molar-refractivity contribution >= 4 is 57.9 Å². The van der Waals surface area contributed by atoms with Crippen LogP contribution < -0.4 is 10.6 Å². The SMILES string of the molecule is O=C(Cc1cccs1)NC1C(=O)N2C(C(=O)O)C(NC(=O)SCc3ccccc3)=CS[C@H]12. The summed E-state index contributed by atoms with van der Waals surface area (Å²) < 4.78 is 0. The highest BCUT2D eigenvalue weighted by Gasteiger charge is 2.56. The van der Waals surface area contributed by atoms with Gasteiger partial charge in [0.25, 0.3) is 5.24 Å². The third-order valence-corrected chi connectivity index (χ3v) is 7.80. The first-order valence-electron chi connectivity index (χ1n) is 9.64. The number of amides is 3. The normalized spacial score (nSPS) is 21.8. The van der Waals surface area contributed by atoms with Crippen LogP contribution in [0.25, 0.3) is 0 Å². The standard InChI is InChI=1S/C21H19N3O5S3/c25-15(9-13-7-4-8-30-13)23-16-18(26)24-17(20(27)28)14(11-31-19(16)24)22-21(29)32-10-12-5-2-1-3-6-12/h1-8,11,16-17,19H,9-10H2,(H,22,29)(H,23,25)(H,27,28)/t16?,17?,19-/m1/s1. The van der Waals surface area contributed by atoms with Gasteiger partial charge in [-0.2, -0.15) is 0 Å². The lowest BCUT2D eigenvalue weighted by molar-refractivity contribution is -0.160. The minimum atomic E-state index is -1.31. The number of hydrogen-bond acceptors (Lipinski definition) is 7. The molecule has 4 rings (SSSR count). The second-order valence-corrected chi connectivity index (χ2v) is 10.0. The van der Waals surface area contributed by atoms with Gasteiger partial charge < -0.3 is 20.6 Å². The molecule has 8 nitrogen and oxygen atoms in total. The highest BCUT2D eigenvalue weighted by atomic mass is 32.2. The Kier molecular flexibility index (Phi) is 6.87. The van der Waals surface area contributed by atoms with Crippen LogP contribution in [-0.2, 0) is 26.6 Å². The number of nitrogens with zero attached hydrogens (tertiary/aromatic N) is 1. The fraction of sp³-hybridized carbons (Fsp3) is 0.238. The lowest BCUT2D eigenvalue weighted by atomic mass is 10.0. The number of nitrogens with one attached hydrogen (secondary N) is 2. The summed E-state index contributed by atoms with van der Waals surface area (Å²) in [7, 11) is 0. The van der Waals surface area contributed by atoms with Gasteiger partial charge in [0.2, 0.25) is 11.8 Å². The number of hydrogen-bond donors (Lipinski definition) is 3. The number of thioether (sulfide) groups is 2. The van der Waals surface area contributed by atoms with Gasteiger partial charge in [-0.3, -0.25) is 14.4 Å². The Morgan fingerprint density at radius 1 is 1.12 bits per heavy atom. The number of aliphatic carboxylic acids is 1. The maximum Gasteiger partial charge on any atom is 0.332 e. The smallest absolute Gasteiger partial charge is 0.332 e. The highest BCUT2D eigenvalue weighted by molar-refractivity contribution is 8.12. The van der Waals surface area contributed by atoms with Gasteiger partial charge in [-0.25, -0.2) is 4.79 Å². The van der Waals surface area contributed by atoms with Crippen molar-refractivity contribution < 1.29 is 24.3 Å². The fourth-order valence-electron chi connectivity index (χ4n) is 3.42. The van der Waals surface area contributed by atoms with E-state index < -0.39 is 34.6 Å². The van der Waals surface area contributed by atoms with E-state index in [1.165, 1.54) is 28.0 Å². The van der Waals surface area contributed by atoms with Gasteiger partial charge in [-0.15, -0.1) is 23.1 Å². The molecule has 2 aromatic rings. The summed E-state index contributed by atoms with van der Waals surface area (Å²) in [5.74, 6) is -1.58. The Morgan fingerprint density at radius 2 is 1.91 bits per heavy atom. The zero-order valence-electron chi connectivity index (χ0n) is 16.6. The number of fused-ring (bicyclic) bond motifs is 1. The first-order valence-corrected chi connectivity index (χ1v) is 12.4. The molecular formula is C21H19N3O5S3. The molecule has 0 bridgehead atoms. The summed E-state index contributed by atoms with van der Waals surface area (Å²) in [5, 5.41) is 17.5. The van der Waals surface area contributed by atoms with E-state index >= 15 is 0 Å². The minimum Gasteiger partial charge on any atom is -0.479 e. The molecule has 0 saturated carbocycles. The Balaban J connectivity index is 1.38. The average Bonchev–Trinajstić information content (AvgIpc) is 3.29. The minimum absolute atomic E-state index is 0.140. The van der Waals surface area contributed by atoms with Crippen molar-refractivity contribution in [3.63, 3.8) is 0 Å². The maximum absolute atomic E-state index is 12.7. The molecule has 3 heterocycles. The van der Waals surface area contributed by atoms with Gasteiger partial charge in [0.15, 0.2) is 6.04 Å². The summed E-state index contributed by atoms with van der Waals surface area (Å²) in [4.78, 5) is 51.3. The number of carbonyl (C=O) groups excluding carboxylic acids is 3. The van der Waals surface area contributed by atoms with Crippen molar-refractivity contribution in [2.24, 2.45) is 0 Å². The summed E-state index contributed by atoms with van der Waals surface area (Å²) >= 11 is 3.67. The van der Waals surface area contributed by atoms with Crippen molar-refractivity contribution in [1.29, 1.82) is 0 Å². The Bertz CT molecular complexity index is 1060. The van der Waals surface area contributed by atoms with E-state index in [1.54, 1.807) is 5.41 Å². The van der Waals surface area contributed by atoms with E-state index in [2.05, 4.69) is 10.6 Å². The fourth-order valence-corrected chi connectivity index (χ4v) is 5.97. The first kappa shape index (κ1) is 22.4. The van der Waals surface area contributed by atoms with Crippen LogP contribution in [0.2, 0.25) is 0 Å². The van der Waals surface area contributed by atoms with Crippen molar-refractivity contribution in [3.05, 3.63) is 69.4 Å². The molecule has 1 aromatic carbocycles. The summed E-state index contributed by atoms with van der Waals surface area (Å²) in [5.41, 5.74) is 1.11. The van der Waals surface area contributed by atoms with Crippen LogP contribution in [0.5, 0.6) is 0 Å². The van der Waals surface area contributed by atoms with Crippen LogP contribution >= 0.6 is 34.9 Å². The van der Waals surface area contributed by atoms with Crippen molar-refractivity contribution in [2.75, 3.05) is 0 Å². The highest BCUT2D eigenvalue weighted by Crippen LogP contribution is 2.39. The molecular weight excluding hydrogens is 470 g/mol. The van der Waals surface area contributed by atoms with E-state index in [4.69, 9.17) is 0 Å². The molecule has 0 aliphatic carbocycles. The van der Waals surface area contributed by atoms with Crippen LogP contribution in [0.4, 0.5) is 4.79 Å². The molecule has 2 aliphatic heterocycles. The van der Waals surface area contributed by atoms with E-state index in [9.17, 15) is 24.3 Å². The molecule has 3 N–H and O–H groups in total. The molecule has 2 aliphatic rings. The Labute approximate surface area is 196 Å². The summed E-state index contributed by atoms with van der Waals surface area (Å²) in [6, 6.07) is 11.0. The largest absolute Gasteiger partial charge is 0.479 e. The predicted octanol–water partition coefficient (Wildman–Crippen LogP) is 2.63. The zero-order chi connectivity index (χ0) is 22.7. The van der Waals surface area contributed by atoms with Gasteiger partial charge in [-0.05, 0) is 22.4 Å². The molecule has 0 spiro atoms. The number of rotatable bonds is 7. The van der Waals surface area contributed by atoms with Gasteiger partial charge in [-0.1, -0.05) is 48.2 Å². The number of carboxylic acids is 1. The molecule has 1 fully saturated rings.